The van der Waals surface area contributed by atoms with Gasteiger partial charge in [-0.15, -0.1) is 11.8 Å². The van der Waals surface area contributed by atoms with Crippen LogP contribution in [-0.2, 0) is 17.8 Å². The second-order valence-electron chi connectivity index (χ2n) is 7.00. The van der Waals surface area contributed by atoms with Crippen LogP contribution in [0.15, 0.2) is 53.4 Å². The Morgan fingerprint density at radius 2 is 1.74 bits per heavy atom. The highest BCUT2D eigenvalue weighted by Gasteiger charge is 2.15. The molecule has 1 aliphatic heterocycles. The second-order valence-corrected chi connectivity index (χ2v) is 8.62. The molecular weight excluding hydrogens is 356 g/mol. The molecule has 0 atom stereocenters. The number of benzene rings is 2. The van der Waals surface area contributed by atoms with Gasteiger partial charge in [-0.1, -0.05) is 50.2 Å². The molecule has 2 aromatic rings. The molecule has 1 heterocycles. The molecule has 3 rings (SSSR count). The van der Waals surface area contributed by atoms with Crippen molar-refractivity contribution in [2.45, 2.75) is 37.1 Å². The van der Waals surface area contributed by atoms with Crippen LogP contribution in [0.3, 0.4) is 0 Å². The lowest BCUT2D eigenvalue weighted by Crippen LogP contribution is -2.36. The Balaban J connectivity index is 1.66. The molecule has 0 spiro atoms. The summed E-state index contributed by atoms with van der Waals surface area (Å²) in [5, 5.41) is 3.55. The van der Waals surface area contributed by atoms with Gasteiger partial charge >= 0.3 is 0 Å². The Morgan fingerprint density at radius 3 is 2.48 bits per heavy atom. The Kier molecular flexibility index (Phi) is 7.33. The summed E-state index contributed by atoms with van der Waals surface area (Å²) >= 11 is 1.72. The summed E-state index contributed by atoms with van der Waals surface area (Å²) in [5.74, 6) is -0.0140. The fraction of sp³-hybridized carbons (Fsp3) is 0.409. The van der Waals surface area contributed by atoms with Crippen molar-refractivity contribution in [1.82, 2.24) is 10.2 Å². The van der Waals surface area contributed by atoms with Gasteiger partial charge in [-0.25, -0.2) is 0 Å². The molecule has 0 bridgehead atoms. The minimum Gasteiger partial charge on any atom is -0.379 e. The Hall–Kier alpha value is -1.82. The minimum absolute atomic E-state index is 0.0140. The molecule has 1 N–H and O–H groups in total. The van der Waals surface area contributed by atoms with Gasteiger partial charge in [0.2, 0.25) is 0 Å². The van der Waals surface area contributed by atoms with Crippen molar-refractivity contribution in [3.63, 3.8) is 0 Å². The van der Waals surface area contributed by atoms with Crippen LogP contribution in [-0.4, -0.2) is 42.4 Å². The topological polar surface area (TPSA) is 41.6 Å². The van der Waals surface area contributed by atoms with E-state index in [1.54, 1.807) is 11.8 Å². The zero-order chi connectivity index (χ0) is 19.1. The van der Waals surface area contributed by atoms with Gasteiger partial charge in [0.15, 0.2) is 0 Å². The maximum absolute atomic E-state index is 12.8. The normalized spacial score (nSPS) is 15.1. The van der Waals surface area contributed by atoms with Gasteiger partial charge in [0, 0.05) is 36.3 Å². The van der Waals surface area contributed by atoms with E-state index < -0.39 is 0 Å². The molecule has 0 saturated carbocycles. The van der Waals surface area contributed by atoms with Crippen LogP contribution in [0.25, 0.3) is 0 Å². The quantitative estimate of drug-likeness (QED) is 0.734. The first kappa shape index (κ1) is 19.9. The number of hydrogen-bond donors (Lipinski definition) is 1. The highest BCUT2D eigenvalue weighted by Crippen LogP contribution is 2.26. The van der Waals surface area contributed by atoms with E-state index in [2.05, 4.69) is 42.3 Å². The molecular formula is C22H28N2O2S. The van der Waals surface area contributed by atoms with Crippen molar-refractivity contribution in [3.05, 3.63) is 65.2 Å². The molecule has 1 fully saturated rings. The highest BCUT2D eigenvalue weighted by molar-refractivity contribution is 8.00. The van der Waals surface area contributed by atoms with Crippen molar-refractivity contribution in [3.8, 4) is 0 Å². The van der Waals surface area contributed by atoms with Gasteiger partial charge in [0.05, 0.1) is 18.8 Å². The molecule has 5 heteroatoms. The number of morpholine rings is 1. The molecule has 0 aromatic heterocycles. The van der Waals surface area contributed by atoms with Crippen molar-refractivity contribution in [1.29, 1.82) is 0 Å². The maximum Gasteiger partial charge on any atom is 0.252 e. The molecule has 0 unspecified atom stereocenters. The Morgan fingerprint density at radius 1 is 1.07 bits per heavy atom. The third-order valence-corrected chi connectivity index (χ3v) is 5.63. The lowest BCUT2D eigenvalue weighted by atomic mass is 10.1. The first-order chi connectivity index (χ1) is 13.1. The predicted molar refractivity (Wildman–Crippen MR) is 111 cm³/mol. The van der Waals surface area contributed by atoms with E-state index in [0.29, 0.717) is 11.8 Å². The van der Waals surface area contributed by atoms with Gasteiger partial charge in [-0.2, -0.15) is 0 Å². The summed E-state index contributed by atoms with van der Waals surface area (Å²) < 4.78 is 5.43. The third kappa shape index (κ3) is 5.83. The van der Waals surface area contributed by atoms with Gasteiger partial charge < -0.3 is 10.1 Å². The molecule has 1 aliphatic rings. The predicted octanol–water partition coefficient (Wildman–Crippen LogP) is 3.95. The molecule has 27 heavy (non-hydrogen) atoms. The largest absolute Gasteiger partial charge is 0.379 e. The fourth-order valence-electron chi connectivity index (χ4n) is 3.17. The molecule has 0 aliphatic carbocycles. The fourth-order valence-corrected chi connectivity index (χ4v) is 4.12. The van der Waals surface area contributed by atoms with Crippen molar-refractivity contribution < 1.29 is 9.53 Å². The average Bonchev–Trinajstić information content (AvgIpc) is 2.68. The summed E-state index contributed by atoms with van der Waals surface area (Å²) in [6.07, 6.45) is 0. The van der Waals surface area contributed by atoms with Crippen LogP contribution >= 0.6 is 11.8 Å². The summed E-state index contributed by atoms with van der Waals surface area (Å²) in [6, 6.07) is 16.2. The van der Waals surface area contributed by atoms with E-state index in [1.165, 1.54) is 11.1 Å². The first-order valence-corrected chi connectivity index (χ1v) is 10.4. The van der Waals surface area contributed by atoms with Gasteiger partial charge in [0.25, 0.3) is 5.91 Å². The number of nitrogens with zero attached hydrogens (tertiary/aromatic N) is 1. The van der Waals surface area contributed by atoms with Gasteiger partial charge in [-0.3, -0.25) is 9.69 Å². The summed E-state index contributed by atoms with van der Waals surface area (Å²) in [6.45, 7) is 9.23. The lowest BCUT2D eigenvalue weighted by Gasteiger charge is -2.27. The molecule has 2 aromatic carbocycles. The number of carbonyl (C=O) groups excluding carboxylic acids is 1. The molecule has 1 amide bonds. The van der Waals surface area contributed by atoms with E-state index in [0.717, 1.165) is 43.3 Å². The molecule has 0 radical (unpaired) electrons. The number of ether oxygens (including phenoxy) is 1. The van der Waals surface area contributed by atoms with Crippen molar-refractivity contribution in [2.75, 3.05) is 26.3 Å². The summed E-state index contributed by atoms with van der Waals surface area (Å²) in [5.41, 5.74) is 3.19. The van der Waals surface area contributed by atoms with Crippen LogP contribution in [0.4, 0.5) is 0 Å². The standard InChI is InChI=1S/C22H28N2O2S/c1-17(2)27-21-10-6-5-9-20(21)22(25)23-15-18-7-3-4-8-19(18)16-24-11-13-26-14-12-24/h3-10,17H,11-16H2,1-2H3,(H,23,25). The van der Waals surface area contributed by atoms with E-state index in [-0.39, 0.29) is 5.91 Å². The van der Waals surface area contributed by atoms with Crippen molar-refractivity contribution in [2.24, 2.45) is 0 Å². The average molecular weight is 385 g/mol. The minimum atomic E-state index is -0.0140. The van der Waals surface area contributed by atoms with Crippen LogP contribution in [0.1, 0.15) is 35.3 Å². The van der Waals surface area contributed by atoms with Crippen LogP contribution in [0, 0.1) is 0 Å². The van der Waals surface area contributed by atoms with E-state index >= 15 is 0 Å². The van der Waals surface area contributed by atoms with Crippen LogP contribution in [0.2, 0.25) is 0 Å². The Labute approximate surface area is 166 Å². The van der Waals surface area contributed by atoms with Gasteiger partial charge in [-0.05, 0) is 23.3 Å². The number of hydrogen-bond acceptors (Lipinski definition) is 4. The zero-order valence-corrected chi connectivity index (χ0v) is 16.9. The van der Waals surface area contributed by atoms with Gasteiger partial charge in [0.1, 0.15) is 0 Å². The number of nitrogens with one attached hydrogen (secondary N) is 1. The molecule has 144 valence electrons. The summed E-state index contributed by atoms with van der Waals surface area (Å²) in [7, 11) is 0. The zero-order valence-electron chi connectivity index (χ0n) is 16.1. The Bertz CT molecular complexity index is 757. The summed E-state index contributed by atoms with van der Waals surface area (Å²) in [4.78, 5) is 16.2. The van der Waals surface area contributed by atoms with E-state index in [1.807, 2.05) is 30.3 Å². The smallest absolute Gasteiger partial charge is 0.252 e. The van der Waals surface area contributed by atoms with Crippen LogP contribution < -0.4 is 5.32 Å². The maximum atomic E-state index is 12.8. The van der Waals surface area contributed by atoms with E-state index in [4.69, 9.17) is 4.74 Å². The first-order valence-electron chi connectivity index (χ1n) is 9.54. The van der Waals surface area contributed by atoms with Crippen molar-refractivity contribution >= 4 is 17.7 Å². The second kappa shape index (κ2) is 9.93. The number of thioether (sulfide) groups is 1. The third-order valence-electron chi connectivity index (χ3n) is 4.55. The monoisotopic (exact) mass is 384 g/mol. The number of amides is 1. The SMILES string of the molecule is CC(C)Sc1ccccc1C(=O)NCc1ccccc1CN1CCOCC1. The highest BCUT2D eigenvalue weighted by atomic mass is 32.2. The molecule has 1 saturated heterocycles. The number of rotatable bonds is 7. The van der Waals surface area contributed by atoms with Crippen LogP contribution in [0.5, 0.6) is 0 Å². The lowest BCUT2D eigenvalue weighted by molar-refractivity contribution is 0.0340. The molecule has 4 nitrogen and oxygen atoms in total. The number of carbonyl (C=O) groups is 1. The van der Waals surface area contributed by atoms with E-state index in [9.17, 15) is 4.79 Å².